The predicted molar refractivity (Wildman–Crippen MR) is 48.3 cm³/mol. The molecule has 1 aliphatic rings. The number of halogens is 1. The molecule has 2 heterocycles. The lowest BCUT2D eigenvalue weighted by atomic mass is 10.1. The molecule has 0 saturated heterocycles. The van der Waals surface area contributed by atoms with Gasteiger partial charge < -0.3 is 4.90 Å². The monoisotopic (exact) mass is 183 g/mol. The largest absolute Gasteiger partial charge is 0.303 e. The molecule has 1 atom stereocenters. The minimum atomic E-state index is -0.927. The highest BCUT2D eigenvalue weighted by Gasteiger charge is 2.23. The number of likely N-dealkylation sites (N-methyl/N-ethyl adjacent to an activating group) is 1. The van der Waals surface area contributed by atoms with Crippen molar-refractivity contribution in [2.45, 2.75) is 12.6 Å². The number of fused-ring (bicyclic) bond motifs is 1. The highest BCUT2D eigenvalue weighted by atomic mass is 19.1. The molecule has 4 heteroatoms. The highest BCUT2D eigenvalue weighted by molar-refractivity contribution is 5.21. The van der Waals surface area contributed by atoms with Crippen LogP contribution in [0.3, 0.4) is 0 Å². The van der Waals surface area contributed by atoms with Crippen molar-refractivity contribution in [3.05, 3.63) is 17.5 Å². The molecule has 0 fully saturated rings. The first-order valence-corrected chi connectivity index (χ1v) is 4.52. The Morgan fingerprint density at radius 2 is 2.31 bits per heavy atom. The number of aromatic nitrogens is 2. The van der Waals surface area contributed by atoms with E-state index in [1.165, 1.54) is 0 Å². The van der Waals surface area contributed by atoms with Crippen LogP contribution in [0.4, 0.5) is 4.39 Å². The first kappa shape index (κ1) is 8.69. The lowest BCUT2D eigenvalue weighted by molar-refractivity contribution is 0.230. The zero-order valence-electron chi connectivity index (χ0n) is 8.00. The van der Waals surface area contributed by atoms with E-state index >= 15 is 0 Å². The fraction of sp³-hybridized carbons (Fsp3) is 0.667. The minimum Gasteiger partial charge on any atom is -0.303 e. The van der Waals surface area contributed by atoms with Crippen LogP contribution in [0.25, 0.3) is 0 Å². The SMILES string of the molecule is CN1CCc2cn(C)nc2C(F)C1. The summed E-state index contributed by atoms with van der Waals surface area (Å²) < 4.78 is 15.3. The molecule has 0 aromatic carbocycles. The summed E-state index contributed by atoms with van der Waals surface area (Å²) in [6.45, 7) is 1.38. The molecule has 0 aliphatic carbocycles. The molecule has 0 amide bonds. The van der Waals surface area contributed by atoms with Gasteiger partial charge >= 0.3 is 0 Å². The molecule has 1 aromatic rings. The van der Waals surface area contributed by atoms with Crippen LogP contribution in [0, 0.1) is 0 Å². The molecule has 2 rings (SSSR count). The number of hydrogen-bond donors (Lipinski definition) is 0. The van der Waals surface area contributed by atoms with E-state index in [1.807, 2.05) is 25.2 Å². The van der Waals surface area contributed by atoms with Gasteiger partial charge in [-0.05, 0) is 19.0 Å². The van der Waals surface area contributed by atoms with Gasteiger partial charge in [-0.15, -0.1) is 0 Å². The Hall–Kier alpha value is -0.900. The third-order valence-corrected chi connectivity index (χ3v) is 2.47. The van der Waals surface area contributed by atoms with Gasteiger partial charge in [-0.1, -0.05) is 0 Å². The van der Waals surface area contributed by atoms with Gasteiger partial charge in [0.25, 0.3) is 0 Å². The molecule has 0 N–H and O–H groups in total. The van der Waals surface area contributed by atoms with E-state index in [0.29, 0.717) is 12.2 Å². The van der Waals surface area contributed by atoms with Gasteiger partial charge in [0, 0.05) is 26.3 Å². The van der Waals surface area contributed by atoms with Crippen molar-refractivity contribution in [2.75, 3.05) is 20.1 Å². The Balaban J connectivity index is 2.33. The third kappa shape index (κ3) is 1.58. The van der Waals surface area contributed by atoms with Crippen LogP contribution in [0.15, 0.2) is 6.20 Å². The van der Waals surface area contributed by atoms with Crippen LogP contribution in [-0.2, 0) is 13.5 Å². The van der Waals surface area contributed by atoms with Crippen LogP contribution in [0.1, 0.15) is 17.4 Å². The summed E-state index contributed by atoms with van der Waals surface area (Å²) >= 11 is 0. The Bertz CT molecular complexity index is 308. The maximum absolute atomic E-state index is 13.6. The van der Waals surface area contributed by atoms with Crippen molar-refractivity contribution in [1.82, 2.24) is 14.7 Å². The van der Waals surface area contributed by atoms with Crippen LogP contribution >= 0.6 is 0 Å². The van der Waals surface area contributed by atoms with Crippen molar-refractivity contribution < 1.29 is 4.39 Å². The number of aryl methyl sites for hydroxylation is 1. The second kappa shape index (κ2) is 3.10. The molecule has 1 aromatic heterocycles. The summed E-state index contributed by atoms with van der Waals surface area (Å²) in [5.41, 5.74) is 1.69. The molecule has 0 spiro atoms. The van der Waals surface area contributed by atoms with Crippen LogP contribution in [0.2, 0.25) is 0 Å². The van der Waals surface area contributed by atoms with Crippen molar-refractivity contribution in [2.24, 2.45) is 7.05 Å². The summed E-state index contributed by atoms with van der Waals surface area (Å²) in [4.78, 5) is 2.01. The predicted octanol–water partition coefficient (Wildman–Crippen LogP) is 0.919. The third-order valence-electron chi connectivity index (χ3n) is 2.47. The summed E-state index contributed by atoms with van der Waals surface area (Å²) in [6.07, 6.45) is 1.89. The number of rotatable bonds is 0. The Labute approximate surface area is 77.1 Å². The second-order valence-electron chi connectivity index (χ2n) is 3.69. The van der Waals surface area contributed by atoms with Crippen LogP contribution in [0.5, 0.6) is 0 Å². The first-order valence-electron chi connectivity index (χ1n) is 4.52. The average Bonchev–Trinajstić information content (AvgIpc) is 2.38. The standard InChI is InChI=1S/C9H14FN3/c1-12-4-3-7-5-13(2)11-9(7)8(10)6-12/h5,8H,3-4,6H2,1-2H3. The summed E-state index contributed by atoms with van der Waals surface area (Å²) in [5.74, 6) is 0. The maximum Gasteiger partial charge on any atom is 0.157 e. The zero-order valence-corrected chi connectivity index (χ0v) is 8.00. The van der Waals surface area contributed by atoms with E-state index in [-0.39, 0.29) is 0 Å². The fourth-order valence-electron chi connectivity index (χ4n) is 1.77. The highest BCUT2D eigenvalue weighted by Crippen LogP contribution is 2.24. The van der Waals surface area contributed by atoms with Crippen molar-refractivity contribution in [1.29, 1.82) is 0 Å². The second-order valence-corrected chi connectivity index (χ2v) is 3.69. The molecule has 0 saturated carbocycles. The molecule has 0 radical (unpaired) electrons. The summed E-state index contributed by atoms with van der Waals surface area (Å²) in [7, 11) is 3.78. The minimum absolute atomic E-state index is 0.462. The fourth-order valence-corrected chi connectivity index (χ4v) is 1.77. The molecule has 0 bridgehead atoms. The molecule has 13 heavy (non-hydrogen) atoms. The van der Waals surface area contributed by atoms with Gasteiger partial charge in [0.15, 0.2) is 6.17 Å². The van der Waals surface area contributed by atoms with Gasteiger partial charge in [0.2, 0.25) is 0 Å². The average molecular weight is 183 g/mol. The number of hydrogen-bond acceptors (Lipinski definition) is 2. The quantitative estimate of drug-likeness (QED) is 0.596. The van der Waals surface area contributed by atoms with Crippen molar-refractivity contribution in [3.63, 3.8) is 0 Å². The number of alkyl halides is 1. The van der Waals surface area contributed by atoms with Crippen molar-refractivity contribution in [3.8, 4) is 0 Å². The summed E-state index contributed by atoms with van der Waals surface area (Å²) in [5, 5.41) is 4.14. The van der Waals surface area contributed by atoms with Gasteiger partial charge in [0.1, 0.15) is 5.69 Å². The Kier molecular flexibility index (Phi) is 2.07. The van der Waals surface area contributed by atoms with Gasteiger partial charge in [-0.25, -0.2) is 4.39 Å². The summed E-state index contributed by atoms with van der Waals surface area (Å²) in [6, 6.07) is 0. The van der Waals surface area contributed by atoms with Crippen molar-refractivity contribution >= 4 is 0 Å². The van der Waals surface area contributed by atoms with E-state index in [9.17, 15) is 4.39 Å². The zero-order chi connectivity index (χ0) is 9.42. The molecular formula is C9H14FN3. The normalized spacial score (nSPS) is 24.1. The molecule has 3 nitrogen and oxygen atoms in total. The van der Waals surface area contributed by atoms with E-state index < -0.39 is 6.17 Å². The lowest BCUT2D eigenvalue weighted by Gasteiger charge is -2.13. The molecular weight excluding hydrogens is 169 g/mol. The Morgan fingerprint density at radius 3 is 3.08 bits per heavy atom. The van der Waals surface area contributed by atoms with E-state index in [2.05, 4.69) is 5.10 Å². The van der Waals surface area contributed by atoms with E-state index in [0.717, 1.165) is 18.5 Å². The topological polar surface area (TPSA) is 21.1 Å². The van der Waals surface area contributed by atoms with Crippen LogP contribution in [-0.4, -0.2) is 34.8 Å². The first-order chi connectivity index (χ1) is 6.16. The van der Waals surface area contributed by atoms with Gasteiger partial charge in [-0.2, -0.15) is 5.10 Å². The lowest BCUT2D eigenvalue weighted by Crippen LogP contribution is -2.22. The van der Waals surface area contributed by atoms with Gasteiger partial charge in [-0.3, -0.25) is 4.68 Å². The molecule has 72 valence electrons. The smallest absolute Gasteiger partial charge is 0.157 e. The molecule has 1 unspecified atom stereocenters. The van der Waals surface area contributed by atoms with E-state index in [1.54, 1.807) is 4.68 Å². The Morgan fingerprint density at radius 1 is 1.54 bits per heavy atom. The van der Waals surface area contributed by atoms with E-state index in [4.69, 9.17) is 0 Å². The maximum atomic E-state index is 13.6. The van der Waals surface area contributed by atoms with Gasteiger partial charge in [0.05, 0.1) is 0 Å². The number of nitrogens with zero attached hydrogens (tertiary/aromatic N) is 3. The molecule has 1 aliphatic heterocycles. The van der Waals surface area contributed by atoms with Crippen LogP contribution < -0.4 is 0 Å².